The Hall–Kier alpha value is -8.29. The predicted octanol–water partition coefficient (Wildman–Crippen LogP) is 7.93. The highest BCUT2D eigenvalue weighted by Gasteiger charge is 2.30. The molecule has 73 heavy (non-hydrogen) atoms. The van der Waals surface area contributed by atoms with Gasteiger partial charge >= 0.3 is 0 Å². The van der Waals surface area contributed by atoms with Gasteiger partial charge in [0.1, 0.15) is 34.8 Å². The second kappa shape index (κ2) is 22.0. The zero-order chi connectivity index (χ0) is 51.2. The Labute approximate surface area is 427 Å². The van der Waals surface area contributed by atoms with Crippen LogP contribution in [0.2, 0.25) is 10.0 Å². The van der Waals surface area contributed by atoms with Gasteiger partial charge in [-0.1, -0.05) is 23.2 Å². The van der Waals surface area contributed by atoms with Crippen molar-refractivity contribution in [2.24, 2.45) is 0 Å². The molecule has 5 N–H and O–H groups in total. The third-order valence-corrected chi connectivity index (χ3v) is 12.7. The van der Waals surface area contributed by atoms with Gasteiger partial charge in [0.15, 0.2) is 18.2 Å². The van der Waals surface area contributed by atoms with E-state index in [1.807, 2.05) is 30.0 Å². The van der Waals surface area contributed by atoms with E-state index < -0.39 is 0 Å². The van der Waals surface area contributed by atoms with Crippen molar-refractivity contribution in [3.8, 4) is 28.3 Å². The average molecular weight is 1030 g/mol. The number of aromatic nitrogens is 6. The van der Waals surface area contributed by atoms with Crippen molar-refractivity contribution < 1.29 is 27.9 Å². The molecule has 8 aromatic rings. The van der Waals surface area contributed by atoms with Gasteiger partial charge in [0, 0.05) is 78.7 Å². The fourth-order valence-electron chi connectivity index (χ4n) is 8.44. The van der Waals surface area contributed by atoms with Gasteiger partial charge in [-0.05, 0) is 128 Å². The smallest absolute Gasteiger partial charge is 0.260 e. The number of pyridine rings is 2. The van der Waals surface area contributed by atoms with Gasteiger partial charge in [0.2, 0.25) is 23.7 Å². The molecule has 372 valence electrons. The molecule has 0 bridgehead atoms. The van der Waals surface area contributed by atoms with Crippen LogP contribution in [0.5, 0.6) is 5.75 Å². The quantitative estimate of drug-likeness (QED) is 0.111. The van der Waals surface area contributed by atoms with Gasteiger partial charge in [-0.3, -0.25) is 14.4 Å². The first kappa shape index (κ1) is 49.7. The van der Waals surface area contributed by atoms with Crippen molar-refractivity contribution in [3.63, 3.8) is 0 Å². The van der Waals surface area contributed by atoms with Crippen molar-refractivity contribution in [1.29, 1.82) is 0 Å². The molecule has 0 unspecified atom stereocenters. The zero-order valence-electron chi connectivity index (χ0n) is 39.3. The number of carbonyl (C=O) groups is 3. The van der Waals surface area contributed by atoms with E-state index in [0.29, 0.717) is 112 Å². The molecule has 21 heteroatoms. The highest BCUT2D eigenvalue weighted by molar-refractivity contribution is 6.31. The topological polar surface area (TPSA) is 215 Å². The number of nitrogens with two attached hydrogens (primary N) is 2. The van der Waals surface area contributed by atoms with E-state index in [4.69, 9.17) is 49.4 Å². The normalized spacial score (nSPS) is 14.7. The maximum Gasteiger partial charge on any atom is 0.260 e. The summed E-state index contributed by atoms with van der Waals surface area (Å²) >= 11 is 11.8. The molecule has 2 aliphatic heterocycles. The number of nitrogen functional groups attached to an aromatic ring is 2. The number of rotatable bonds is 10. The van der Waals surface area contributed by atoms with Crippen molar-refractivity contribution in [3.05, 3.63) is 143 Å². The molecule has 2 aliphatic rings. The van der Waals surface area contributed by atoms with Gasteiger partial charge in [-0.25, -0.2) is 28.7 Å². The minimum atomic E-state index is -0.387. The number of piperazine rings is 2. The number of carbonyl (C=O) groups excluding carboxylic acids is 3. The molecule has 3 amide bonds. The summed E-state index contributed by atoms with van der Waals surface area (Å²) in [4.78, 5) is 72.5. The molecule has 1 atom stereocenters. The molecule has 4 aromatic heterocycles. The monoisotopic (exact) mass is 1030 g/mol. The molecule has 0 saturated carbocycles. The molecule has 4 aromatic carbocycles. The molecule has 6 heterocycles. The highest BCUT2D eigenvalue weighted by Crippen LogP contribution is 2.31. The summed E-state index contributed by atoms with van der Waals surface area (Å²) in [6.45, 7) is 5.29. The number of anilines is 5. The van der Waals surface area contributed by atoms with Crippen LogP contribution in [0.4, 0.5) is 38.0 Å². The lowest BCUT2D eigenvalue weighted by Crippen LogP contribution is -2.55. The van der Waals surface area contributed by atoms with Crippen molar-refractivity contribution in [1.82, 2.24) is 39.7 Å². The summed E-state index contributed by atoms with van der Waals surface area (Å²) < 4.78 is 32.4. The lowest BCUT2D eigenvalue weighted by atomic mass is 10.1. The Balaban J connectivity index is 0.000000180. The lowest BCUT2D eigenvalue weighted by Gasteiger charge is -2.40. The molecule has 0 radical (unpaired) electrons. The van der Waals surface area contributed by atoms with E-state index in [1.165, 1.54) is 24.3 Å². The van der Waals surface area contributed by atoms with Crippen LogP contribution in [-0.2, 0) is 14.4 Å². The predicted molar refractivity (Wildman–Crippen MR) is 278 cm³/mol. The van der Waals surface area contributed by atoms with Crippen molar-refractivity contribution in [2.45, 2.75) is 19.4 Å². The Bertz CT molecular complexity index is 3300. The van der Waals surface area contributed by atoms with Crippen LogP contribution in [0.3, 0.4) is 0 Å². The van der Waals surface area contributed by atoms with E-state index in [9.17, 15) is 23.2 Å². The van der Waals surface area contributed by atoms with E-state index in [0.717, 1.165) is 11.1 Å². The Morgan fingerprint density at radius 1 is 0.603 bits per heavy atom. The van der Waals surface area contributed by atoms with Crippen LogP contribution in [0, 0.1) is 11.6 Å². The molecule has 2 fully saturated rings. The average Bonchev–Trinajstić information content (AvgIpc) is 3.39. The van der Waals surface area contributed by atoms with Crippen LogP contribution in [-0.4, -0.2) is 116 Å². The second-order valence-corrected chi connectivity index (χ2v) is 18.1. The summed E-state index contributed by atoms with van der Waals surface area (Å²) in [5.74, 6) is 0.666. The van der Waals surface area contributed by atoms with E-state index in [1.54, 1.807) is 88.7 Å². The largest absolute Gasteiger partial charge is 0.484 e. The van der Waals surface area contributed by atoms with Crippen LogP contribution in [0.25, 0.3) is 44.6 Å². The van der Waals surface area contributed by atoms with Gasteiger partial charge in [0.25, 0.3) is 5.91 Å². The number of halogens is 4. The van der Waals surface area contributed by atoms with E-state index in [2.05, 4.69) is 30.2 Å². The first-order valence-electron chi connectivity index (χ1n) is 23.1. The third-order valence-electron chi connectivity index (χ3n) is 12.2. The highest BCUT2D eigenvalue weighted by atomic mass is 35.5. The van der Waals surface area contributed by atoms with E-state index >= 15 is 0 Å². The van der Waals surface area contributed by atoms with Gasteiger partial charge in [-0.2, -0.15) is 9.97 Å². The number of ether oxygens (including phenoxy) is 1. The fourth-order valence-corrected chi connectivity index (χ4v) is 8.69. The van der Waals surface area contributed by atoms with Gasteiger partial charge in [-0.15, -0.1) is 0 Å². The number of hydrogen-bond acceptors (Lipinski definition) is 14. The Morgan fingerprint density at radius 2 is 1.11 bits per heavy atom. The summed E-state index contributed by atoms with van der Waals surface area (Å²) in [5, 5.41) is 3.88. The Morgan fingerprint density at radius 3 is 1.66 bits per heavy atom. The van der Waals surface area contributed by atoms with Crippen LogP contribution in [0.15, 0.2) is 121 Å². The summed E-state index contributed by atoms with van der Waals surface area (Å²) in [5.41, 5.74) is 17.8. The van der Waals surface area contributed by atoms with E-state index in [-0.39, 0.29) is 60.3 Å². The summed E-state index contributed by atoms with van der Waals surface area (Å²) in [6, 6.07) is 33.1. The molecule has 10 rings (SSSR count). The van der Waals surface area contributed by atoms with Gasteiger partial charge < -0.3 is 41.1 Å². The standard InChI is InChI=1S/C26H23ClFN7O2.C26H24ClFN6O2/c27-17-3-7-19(8-4-17)30-22(36)15-23(37)34-11-13-35(14-12-34)25-24-21(32-26(29)33-25)10-9-20(31-24)16-1-5-18(28)6-2-16;1-16-14-33(23(35)15-36-20-8-4-18(27)5-9-20)12-13-34(16)25-24-22(31-26(29)32-25)11-10-21(30-24)17-2-6-19(28)7-3-17/h1-10H,11-15H2,(H,30,36)(H2,29,32,33);2-11,16H,12-15H2,1H3,(H2,29,31,32)/t;16-/m.0/s1. The molecular weight excluding hydrogens is 980 g/mol. The maximum atomic E-state index is 13.4. The first-order chi connectivity index (χ1) is 35.2. The molecule has 0 aliphatic carbocycles. The van der Waals surface area contributed by atoms with Gasteiger partial charge in [0.05, 0.1) is 22.4 Å². The number of nitrogens with zero attached hydrogens (tertiary/aromatic N) is 10. The molecule has 0 spiro atoms. The van der Waals surface area contributed by atoms with Crippen LogP contribution >= 0.6 is 23.2 Å². The number of nitrogens with one attached hydrogen (secondary N) is 1. The number of fused-ring (bicyclic) bond motifs is 2. The van der Waals surface area contributed by atoms with Crippen LogP contribution < -0.4 is 31.3 Å². The molecule has 17 nitrogen and oxygen atoms in total. The first-order valence-corrected chi connectivity index (χ1v) is 23.9. The summed E-state index contributed by atoms with van der Waals surface area (Å²) in [7, 11) is 0. The summed E-state index contributed by atoms with van der Waals surface area (Å²) in [6.07, 6.45) is -0.255. The molecular formula is C52H47Cl2F2N13O4. The minimum absolute atomic E-state index is 0.0491. The lowest BCUT2D eigenvalue weighted by molar-refractivity contribution is -0.135. The fraction of sp³-hybridized carbons (Fsp3) is 0.212. The number of amides is 3. The van der Waals surface area contributed by atoms with Crippen molar-refractivity contribution in [2.75, 3.05) is 79.0 Å². The third kappa shape index (κ3) is 12.1. The second-order valence-electron chi connectivity index (χ2n) is 17.2. The Kier molecular flexibility index (Phi) is 15.0. The minimum Gasteiger partial charge on any atom is -0.484 e. The van der Waals surface area contributed by atoms with Crippen molar-refractivity contribution >= 4 is 92.2 Å². The zero-order valence-corrected chi connectivity index (χ0v) is 40.8. The van der Waals surface area contributed by atoms with Crippen LogP contribution in [0.1, 0.15) is 13.3 Å². The maximum absolute atomic E-state index is 13.4. The number of hydrogen-bond donors (Lipinski definition) is 3. The molecule has 2 saturated heterocycles. The number of benzene rings is 4. The SMILES string of the molecule is C[C@H]1CN(C(=O)COc2ccc(Cl)cc2)CCN1c1nc(N)nc2ccc(-c3ccc(F)cc3)nc12.Nc1nc(N2CCN(C(=O)CC(=O)Nc3ccc(Cl)cc3)CC2)c2nc(-c3ccc(F)cc3)ccc2n1.